The van der Waals surface area contributed by atoms with Gasteiger partial charge in [0.2, 0.25) is 0 Å². The zero-order valence-corrected chi connectivity index (χ0v) is 11.7. The molecule has 0 saturated carbocycles. The van der Waals surface area contributed by atoms with Gasteiger partial charge in [0, 0.05) is 17.6 Å². The first-order valence-electron chi connectivity index (χ1n) is 5.32. The summed E-state index contributed by atoms with van der Waals surface area (Å²) >= 11 is 2.93. The average molecular weight is 341 g/mol. The number of hydrogen-bond acceptors (Lipinski definition) is 2. The van der Waals surface area contributed by atoms with E-state index in [1.165, 1.54) is 4.31 Å². The van der Waals surface area contributed by atoms with Crippen molar-refractivity contribution < 1.29 is 17.2 Å². The zero-order valence-electron chi connectivity index (χ0n) is 9.29. The molecule has 1 aliphatic heterocycles. The molecule has 1 saturated heterocycles. The highest BCUT2D eigenvalue weighted by atomic mass is 79.9. The van der Waals surface area contributed by atoms with E-state index in [-0.39, 0.29) is 4.47 Å². The summed E-state index contributed by atoms with van der Waals surface area (Å²) in [6.45, 7) is 0.740. The van der Waals surface area contributed by atoms with Gasteiger partial charge in [-0.2, -0.15) is 12.7 Å². The Hall–Kier alpha value is -0.730. The summed E-state index contributed by atoms with van der Waals surface area (Å²) in [5.41, 5.74) is -0.648. The molecule has 0 unspecified atom stereocenters. The average Bonchev–Trinajstić information content (AvgIpc) is 2.77. The lowest BCUT2D eigenvalue weighted by molar-refractivity contribution is 0.481. The van der Waals surface area contributed by atoms with Crippen LogP contribution in [0.1, 0.15) is 12.8 Å². The van der Waals surface area contributed by atoms with Crippen molar-refractivity contribution in [2.45, 2.75) is 12.8 Å². The normalized spacial score (nSPS) is 17.1. The summed E-state index contributed by atoms with van der Waals surface area (Å²) in [4.78, 5) is 0. The van der Waals surface area contributed by atoms with Crippen molar-refractivity contribution >= 4 is 31.8 Å². The van der Waals surface area contributed by atoms with Crippen LogP contribution in [-0.2, 0) is 10.2 Å². The predicted octanol–water partition coefficient (Wildman–Crippen LogP) is 2.48. The smallest absolute Gasteiger partial charge is 0.265 e. The molecule has 0 radical (unpaired) electrons. The molecule has 0 aromatic heterocycles. The number of nitrogens with zero attached hydrogens (tertiary/aromatic N) is 1. The second-order valence-corrected chi connectivity index (χ2v) is 6.54. The zero-order chi connectivity index (χ0) is 13.3. The van der Waals surface area contributed by atoms with Crippen LogP contribution in [0, 0.1) is 11.6 Å². The van der Waals surface area contributed by atoms with E-state index in [1.807, 2.05) is 4.72 Å². The van der Waals surface area contributed by atoms with Gasteiger partial charge in [0.25, 0.3) is 0 Å². The van der Waals surface area contributed by atoms with Crippen LogP contribution in [0.15, 0.2) is 16.6 Å². The number of nitrogens with one attached hydrogen (secondary N) is 1. The van der Waals surface area contributed by atoms with Gasteiger partial charge in [0.05, 0.1) is 0 Å². The van der Waals surface area contributed by atoms with Crippen LogP contribution in [0.3, 0.4) is 0 Å². The lowest BCUT2D eigenvalue weighted by Crippen LogP contribution is -2.33. The fourth-order valence-electron chi connectivity index (χ4n) is 1.76. The molecule has 1 N–H and O–H groups in total. The molecule has 1 aliphatic rings. The van der Waals surface area contributed by atoms with E-state index in [1.54, 1.807) is 0 Å². The molecule has 0 aliphatic carbocycles. The van der Waals surface area contributed by atoms with Gasteiger partial charge in [-0.1, -0.05) is 15.9 Å². The molecule has 8 heteroatoms. The Morgan fingerprint density at radius 3 is 2.17 bits per heavy atom. The van der Waals surface area contributed by atoms with E-state index in [0.717, 1.165) is 25.0 Å². The molecule has 2 rings (SSSR count). The first-order chi connectivity index (χ1) is 8.40. The highest BCUT2D eigenvalue weighted by Crippen LogP contribution is 2.26. The monoisotopic (exact) mass is 340 g/mol. The third kappa shape index (κ3) is 2.81. The van der Waals surface area contributed by atoms with E-state index >= 15 is 0 Å². The van der Waals surface area contributed by atoms with Crippen molar-refractivity contribution in [1.82, 2.24) is 4.31 Å². The van der Waals surface area contributed by atoms with Crippen LogP contribution >= 0.6 is 15.9 Å². The maximum absolute atomic E-state index is 13.5. The minimum absolute atomic E-state index is 0.210. The first kappa shape index (κ1) is 13.7. The SMILES string of the molecule is O=S(=O)(Nc1c(F)cc(Br)cc1F)N1CCCC1. The quantitative estimate of drug-likeness (QED) is 0.918. The Balaban J connectivity index is 2.29. The highest BCUT2D eigenvalue weighted by molar-refractivity contribution is 9.10. The molecule has 0 atom stereocenters. The van der Waals surface area contributed by atoms with Gasteiger partial charge >= 0.3 is 10.2 Å². The van der Waals surface area contributed by atoms with E-state index in [0.29, 0.717) is 13.1 Å². The molecule has 100 valence electrons. The van der Waals surface area contributed by atoms with Crippen molar-refractivity contribution in [1.29, 1.82) is 0 Å². The number of hydrogen-bond donors (Lipinski definition) is 1. The molecule has 1 heterocycles. The van der Waals surface area contributed by atoms with E-state index < -0.39 is 27.5 Å². The maximum atomic E-state index is 13.5. The van der Waals surface area contributed by atoms with Crippen molar-refractivity contribution in [3.63, 3.8) is 0 Å². The van der Waals surface area contributed by atoms with Gasteiger partial charge in [-0.15, -0.1) is 0 Å². The Kier molecular flexibility index (Phi) is 3.88. The van der Waals surface area contributed by atoms with Gasteiger partial charge in [-0.3, -0.25) is 4.72 Å². The Labute approximate surface area is 112 Å². The van der Waals surface area contributed by atoms with Gasteiger partial charge in [0.1, 0.15) is 5.69 Å². The minimum atomic E-state index is -3.88. The van der Waals surface area contributed by atoms with Crippen molar-refractivity contribution in [3.8, 4) is 0 Å². The Morgan fingerprint density at radius 1 is 1.17 bits per heavy atom. The van der Waals surface area contributed by atoms with Crippen molar-refractivity contribution in [2.75, 3.05) is 17.8 Å². The maximum Gasteiger partial charge on any atom is 0.301 e. The summed E-state index contributed by atoms with van der Waals surface area (Å²) in [6, 6.07) is 2.01. The van der Waals surface area contributed by atoms with Gasteiger partial charge in [-0.25, -0.2) is 8.78 Å². The summed E-state index contributed by atoms with van der Waals surface area (Å²) in [5.74, 6) is -1.91. The Bertz CT molecular complexity index is 536. The van der Waals surface area contributed by atoms with Crippen LogP contribution < -0.4 is 4.72 Å². The lowest BCUT2D eigenvalue weighted by atomic mass is 10.3. The summed E-state index contributed by atoms with van der Waals surface area (Å²) in [7, 11) is -3.88. The van der Waals surface area contributed by atoms with Crippen LogP contribution in [0.25, 0.3) is 0 Å². The molecule has 18 heavy (non-hydrogen) atoms. The van der Waals surface area contributed by atoms with Crippen LogP contribution in [0.2, 0.25) is 0 Å². The summed E-state index contributed by atoms with van der Waals surface area (Å²) < 4.78 is 54.1. The van der Waals surface area contributed by atoms with E-state index in [9.17, 15) is 17.2 Å². The molecule has 1 fully saturated rings. The second-order valence-electron chi connectivity index (χ2n) is 3.96. The van der Waals surface area contributed by atoms with Gasteiger partial charge in [-0.05, 0) is 25.0 Å². The standard InChI is InChI=1S/C10H11BrF2N2O2S/c11-7-5-8(12)10(9(13)6-7)14-18(16,17)15-3-1-2-4-15/h5-6,14H,1-4H2. The fourth-order valence-corrected chi connectivity index (χ4v) is 3.48. The molecule has 1 aromatic rings. The first-order valence-corrected chi connectivity index (χ1v) is 7.56. The van der Waals surface area contributed by atoms with Crippen molar-refractivity contribution in [2.24, 2.45) is 0 Å². The van der Waals surface area contributed by atoms with Crippen LogP contribution in [-0.4, -0.2) is 25.8 Å². The molecule has 0 bridgehead atoms. The van der Waals surface area contributed by atoms with Crippen molar-refractivity contribution in [3.05, 3.63) is 28.2 Å². The highest BCUT2D eigenvalue weighted by Gasteiger charge is 2.27. The lowest BCUT2D eigenvalue weighted by Gasteiger charge is -2.17. The molecular weight excluding hydrogens is 330 g/mol. The molecule has 0 spiro atoms. The van der Waals surface area contributed by atoms with Crippen LogP contribution in [0.4, 0.5) is 14.5 Å². The second kappa shape index (κ2) is 5.10. The van der Waals surface area contributed by atoms with Gasteiger partial charge in [0.15, 0.2) is 11.6 Å². The number of halogens is 3. The number of benzene rings is 1. The third-order valence-corrected chi connectivity index (χ3v) is 4.61. The van der Waals surface area contributed by atoms with Crippen LogP contribution in [0.5, 0.6) is 0 Å². The number of rotatable bonds is 3. The largest absolute Gasteiger partial charge is 0.301 e. The fraction of sp³-hybridized carbons (Fsp3) is 0.400. The summed E-state index contributed by atoms with van der Waals surface area (Å²) in [6.07, 6.45) is 1.51. The molecular formula is C10H11BrF2N2O2S. The number of anilines is 1. The Morgan fingerprint density at radius 2 is 1.67 bits per heavy atom. The van der Waals surface area contributed by atoms with Gasteiger partial charge < -0.3 is 0 Å². The minimum Gasteiger partial charge on any atom is -0.265 e. The third-order valence-electron chi connectivity index (χ3n) is 2.64. The predicted molar refractivity (Wildman–Crippen MR) is 67.4 cm³/mol. The topological polar surface area (TPSA) is 49.4 Å². The molecule has 0 amide bonds. The molecule has 4 nitrogen and oxygen atoms in total. The van der Waals surface area contributed by atoms with E-state index in [2.05, 4.69) is 15.9 Å². The van der Waals surface area contributed by atoms with E-state index in [4.69, 9.17) is 0 Å². The molecule has 1 aromatic carbocycles. The summed E-state index contributed by atoms with van der Waals surface area (Å²) in [5, 5.41) is 0.